The van der Waals surface area contributed by atoms with E-state index in [0.717, 1.165) is 27.2 Å². The van der Waals surface area contributed by atoms with Crippen molar-refractivity contribution in [2.24, 2.45) is 0 Å². The van der Waals surface area contributed by atoms with Crippen LogP contribution in [0.3, 0.4) is 0 Å². The third-order valence-electron chi connectivity index (χ3n) is 1.90. The lowest BCUT2D eigenvalue weighted by Gasteiger charge is -2.03. The second-order valence-electron chi connectivity index (χ2n) is 3.10. The van der Waals surface area contributed by atoms with Crippen molar-refractivity contribution in [1.29, 1.82) is 0 Å². The summed E-state index contributed by atoms with van der Waals surface area (Å²) in [5.41, 5.74) is 0.939. The van der Waals surface area contributed by atoms with Crippen LogP contribution in [0, 0.1) is 6.92 Å². The zero-order chi connectivity index (χ0) is 10.8. The summed E-state index contributed by atoms with van der Waals surface area (Å²) >= 11 is 7.41. The van der Waals surface area contributed by atoms with E-state index >= 15 is 0 Å². The zero-order valence-corrected chi connectivity index (χ0v) is 9.99. The molecule has 2 heterocycles. The number of hydrogen-bond donors (Lipinski definition) is 1. The molecule has 3 nitrogen and oxygen atoms in total. The Balaban J connectivity index is 2.48. The van der Waals surface area contributed by atoms with Gasteiger partial charge in [-0.05, 0) is 13.0 Å². The van der Waals surface area contributed by atoms with Gasteiger partial charge in [0, 0.05) is 24.2 Å². The summed E-state index contributed by atoms with van der Waals surface area (Å²) in [6, 6.07) is 3.78. The van der Waals surface area contributed by atoms with Crippen LogP contribution in [0.1, 0.15) is 5.69 Å². The molecule has 0 aromatic carbocycles. The second kappa shape index (κ2) is 4.16. The molecule has 0 aliphatic rings. The number of aromatic nitrogens is 2. The molecule has 2 aromatic heterocycles. The van der Waals surface area contributed by atoms with Crippen LogP contribution in [0.15, 0.2) is 17.5 Å². The number of thiophene rings is 1. The highest BCUT2D eigenvalue weighted by molar-refractivity contribution is 7.14. The van der Waals surface area contributed by atoms with E-state index in [1.165, 1.54) is 0 Å². The normalized spacial score (nSPS) is 10.3. The SMILES string of the molecule is CNc1cc(C)nc(-c2cc(Cl)cs2)n1. The van der Waals surface area contributed by atoms with Crippen LogP contribution >= 0.6 is 22.9 Å². The number of hydrogen-bond acceptors (Lipinski definition) is 4. The van der Waals surface area contributed by atoms with Gasteiger partial charge >= 0.3 is 0 Å². The van der Waals surface area contributed by atoms with E-state index in [-0.39, 0.29) is 0 Å². The molecule has 0 saturated heterocycles. The first-order valence-corrected chi connectivity index (χ1v) is 5.72. The molecule has 15 heavy (non-hydrogen) atoms. The molecule has 78 valence electrons. The Morgan fingerprint density at radius 3 is 2.73 bits per heavy atom. The highest BCUT2D eigenvalue weighted by Gasteiger charge is 2.06. The minimum absolute atomic E-state index is 0.719. The Labute approximate surface area is 97.2 Å². The molecule has 0 saturated carbocycles. The molecular formula is C10H10ClN3S. The quantitative estimate of drug-likeness (QED) is 0.875. The molecule has 2 rings (SSSR count). The topological polar surface area (TPSA) is 37.8 Å². The molecule has 0 atom stereocenters. The molecule has 0 radical (unpaired) electrons. The second-order valence-corrected chi connectivity index (χ2v) is 4.45. The van der Waals surface area contributed by atoms with Crippen LogP contribution in [-0.2, 0) is 0 Å². The van der Waals surface area contributed by atoms with Gasteiger partial charge < -0.3 is 5.32 Å². The van der Waals surface area contributed by atoms with Crippen molar-refractivity contribution in [3.8, 4) is 10.7 Å². The van der Waals surface area contributed by atoms with E-state index in [9.17, 15) is 0 Å². The highest BCUT2D eigenvalue weighted by atomic mass is 35.5. The number of rotatable bonds is 2. The van der Waals surface area contributed by atoms with Gasteiger partial charge in [0.1, 0.15) is 5.82 Å². The van der Waals surface area contributed by atoms with Gasteiger partial charge in [-0.15, -0.1) is 11.3 Å². The molecular weight excluding hydrogens is 230 g/mol. The fraction of sp³-hybridized carbons (Fsp3) is 0.200. The first-order valence-electron chi connectivity index (χ1n) is 4.47. The van der Waals surface area contributed by atoms with Crippen molar-refractivity contribution in [1.82, 2.24) is 9.97 Å². The molecule has 0 aliphatic carbocycles. The first kappa shape index (κ1) is 10.4. The van der Waals surface area contributed by atoms with Crippen LogP contribution in [0.5, 0.6) is 0 Å². The summed E-state index contributed by atoms with van der Waals surface area (Å²) in [6.45, 7) is 1.95. The highest BCUT2D eigenvalue weighted by Crippen LogP contribution is 2.27. The van der Waals surface area contributed by atoms with Gasteiger partial charge in [-0.2, -0.15) is 0 Å². The average molecular weight is 240 g/mol. The zero-order valence-electron chi connectivity index (χ0n) is 8.41. The standard InChI is InChI=1S/C10H10ClN3S/c1-6-3-9(12-2)14-10(13-6)8-4-7(11)5-15-8/h3-5H,1-2H3,(H,12,13,14). The molecule has 0 spiro atoms. The maximum absolute atomic E-state index is 5.86. The summed E-state index contributed by atoms with van der Waals surface area (Å²) < 4.78 is 0. The Hall–Kier alpha value is -1.13. The van der Waals surface area contributed by atoms with E-state index in [0.29, 0.717) is 0 Å². The number of anilines is 1. The van der Waals surface area contributed by atoms with Crippen molar-refractivity contribution >= 4 is 28.8 Å². The monoisotopic (exact) mass is 239 g/mol. The Morgan fingerprint density at radius 2 is 2.13 bits per heavy atom. The van der Waals surface area contributed by atoms with Gasteiger partial charge in [-0.25, -0.2) is 9.97 Å². The van der Waals surface area contributed by atoms with Gasteiger partial charge in [-0.1, -0.05) is 11.6 Å². The minimum atomic E-state index is 0.719. The fourth-order valence-corrected chi connectivity index (χ4v) is 2.24. The Kier molecular flexibility index (Phi) is 2.88. The van der Waals surface area contributed by atoms with Crippen molar-refractivity contribution in [2.45, 2.75) is 6.92 Å². The summed E-state index contributed by atoms with van der Waals surface area (Å²) in [6.07, 6.45) is 0. The maximum Gasteiger partial charge on any atom is 0.171 e. The Bertz CT molecular complexity index is 481. The third-order valence-corrected chi connectivity index (χ3v) is 3.17. The molecule has 0 amide bonds. The smallest absolute Gasteiger partial charge is 0.171 e. The van der Waals surface area contributed by atoms with E-state index in [4.69, 9.17) is 11.6 Å². The van der Waals surface area contributed by atoms with Crippen molar-refractivity contribution in [2.75, 3.05) is 12.4 Å². The summed E-state index contributed by atoms with van der Waals surface area (Å²) in [5.74, 6) is 1.54. The fourth-order valence-electron chi connectivity index (χ4n) is 1.24. The Morgan fingerprint density at radius 1 is 1.33 bits per heavy atom. The number of halogens is 1. The van der Waals surface area contributed by atoms with Crippen LogP contribution in [0.4, 0.5) is 5.82 Å². The molecule has 1 N–H and O–H groups in total. The predicted molar refractivity (Wildman–Crippen MR) is 64.6 cm³/mol. The lowest BCUT2D eigenvalue weighted by Crippen LogP contribution is -1.97. The largest absolute Gasteiger partial charge is 0.373 e. The lowest BCUT2D eigenvalue weighted by atomic mass is 10.4. The van der Waals surface area contributed by atoms with Gasteiger partial charge in [0.05, 0.1) is 9.90 Å². The summed E-state index contributed by atoms with van der Waals surface area (Å²) in [4.78, 5) is 9.72. The molecule has 0 unspecified atom stereocenters. The first-order chi connectivity index (χ1) is 7.19. The third kappa shape index (κ3) is 2.27. The number of nitrogens with zero attached hydrogens (tertiary/aromatic N) is 2. The molecule has 0 aliphatic heterocycles. The summed E-state index contributed by atoms with van der Waals surface area (Å²) in [5, 5.41) is 5.61. The van der Waals surface area contributed by atoms with Crippen LogP contribution in [-0.4, -0.2) is 17.0 Å². The number of aryl methyl sites for hydroxylation is 1. The lowest BCUT2D eigenvalue weighted by molar-refractivity contribution is 1.11. The van der Waals surface area contributed by atoms with E-state index in [2.05, 4.69) is 15.3 Å². The summed E-state index contributed by atoms with van der Waals surface area (Å²) in [7, 11) is 1.84. The van der Waals surface area contributed by atoms with Crippen molar-refractivity contribution in [3.63, 3.8) is 0 Å². The van der Waals surface area contributed by atoms with Crippen molar-refractivity contribution in [3.05, 3.63) is 28.2 Å². The average Bonchev–Trinajstić information content (AvgIpc) is 2.64. The van der Waals surface area contributed by atoms with E-state index in [1.54, 1.807) is 11.3 Å². The van der Waals surface area contributed by atoms with Crippen LogP contribution < -0.4 is 5.32 Å². The van der Waals surface area contributed by atoms with Gasteiger partial charge in [-0.3, -0.25) is 0 Å². The van der Waals surface area contributed by atoms with Gasteiger partial charge in [0.2, 0.25) is 0 Å². The van der Waals surface area contributed by atoms with Gasteiger partial charge in [0.15, 0.2) is 5.82 Å². The van der Waals surface area contributed by atoms with Crippen LogP contribution in [0.25, 0.3) is 10.7 Å². The van der Waals surface area contributed by atoms with Crippen LogP contribution in [0.2, 0.25) is 5.02 Å². The van der Waals surface area contributed by atoms with Crippen molar-refractivity contribution < 1.29 is 0 Å². The van der Waals surface area contributed by atoms with E-state index in [1.807, 2.05) is 31.5 Å². The predicted octanol–water partition coefficient (Wildman–Crippen LogP) is 3.21. The molecule has 2 aromatic rings. The maximum atomic E-state index is 5.86. The molecule has 5 heteroatoms. The van der Waals surface area contributed by atoms with Gasteiger partial charge in [0.25, 0.3) is 0 Å². The minimum Gasteiger partial charge on any atom is -0.373 e. The van der Waals surface area contributed by atoms with E-state index < -0.39 is 0 Å². The molecule has 0 fully saturated rings. The molecule has 0 bridgehead atoms. The number of nitrogens with one attached hydrogen (secondary N) is 1.